The Labute approximate surface area is 146 Å². The molecule has 0 aliphatic heterocycles. The molecule has 0 fully saturated rings. The maximum absolute atomic E-state index is 12.3. The summed E-state index contributed by atoms with van der Waals surface area (Å²) < 4.78 is 0. The van der Waals surface area contributed by atoms with Crippen molar-refractivity contribution in [3.05, 3.63) is 46.8 Å². The zero-order chi connectivity index (χ0) is 17.8. The molecule has 0 saturated heterocycles. The summed E-state index contributed by atoms with van der Waals surface area (Å²) >= 11 is 0. The number of amides is 3. The number of carbonyl (C=O) groups excluding carboxylic acids is 2. The van der Waals surface area contributed by atoms with Crippen molar-refractivity contribution in [3.8, 4) is 0 Å². The fraction of sp³-hybridized carbons (Fsp3) is 0.389. The Bertz CT molecular complexity index is 784. The van der Waals surface area contributed by atoms with Gasteiger partial charge in [-0.3, -0.25) is 9.89 Å². The highest BCUT2D eigenvalue weighted by Gasteiger charge is 2.21. The lowest BCUT2D eigenvalue weighted by atomic mass is 9.94. The average Bonchev–Trinajstić information content (AvgIpc) is 3.04. The Kier molecular flexibility index (Phi) is 5.02. The second-order valence-corrected chi connectivity index (χ2v) is 6.30. The minimum atomic E-state index is -0.234. The van der Waals surface area contributed by atoms with Gasteiger partial charge in [0.1, 0.15) is 0 Å². The van der Waals surface area contributed by atoms with Gasteiger partial charge in [-0.1, -0.05) is 0 Å². The number of hydrogen-bond acceptors (Lipinski definition) is 3. The zero-order valence-corrected chi connectivity index (χ0v) is 14.5. The molecule has 7 nitrogen and oxygen atoms in total. The number of rotatable bonds is 4. The number of aromatic nitrogens is 2. The first-order valence-electron chi connectivity index (χ1n) is 8.54. The number of benzene rings is 1. The van der Waals surface area contributed by atoms with E-state index in [4.69, 9.17) is 0 Å². The maximum Gasteiger partial charge on any atom is 0.319 e. The number of carbonyl (C=O) groups is 2. The van der Waals surface area contributed by atoms with E-state index in [2.05, 4.69) is 26.1 Å². The largest absolute Gasteiger partial charge is 0.352 e. The lowest BCUT2D eigenvalue weighted by Gasteiger charge is -2.23. The number of H-pyrrole nitrogens is 1. The Morgan fingerprint density at radius 2 is 2.20 bits per heavy atom. The number of aromatic amines is 1. The molecule has 0 spiro atoms. The van der Waals surface area contributed by atoms with Gasteiger partial charge in [-0.25, -0.2) is 4.79 Å². The van der Waals surface area contributed by atoms with E-state index < -0.39 is 0 Å². The van der Waals surface area contributed by atoms with Crippen LogP contribution in [0, 0.1) is 6.92 Å². The summed E-state index contributed by atoms with van der Waals surface area (Å²) in [5.74, 6) is -0.112. The number of anilines is 1. The van der Waals surface area contributed by atoms with Gasteiger partial charge in [0.25, 0.3) is 5.91 Å². The fourth-order valence-electron chi connectivity index (χ4n) is 3.08. The molecule has 0 unspecified atom stereocenters. The van der Waals surface area contributed by atoms with Crippen LogP contribution in [0.25, 0.3) is 0 Å². The lowest BCUT2D eigenvalue weighted by molar-refractivity contribution is 0.0955. The first kappa shape index (κ1) is 17.0. The molecule has 1 aliphatic carbocycles. The predicted octanol–water partition coefficient (Wildman–Crippen LogP) is 2.15. The smallest absolute Gasteiger partial charge is 0.319 e. The summed E-state index contributed by atoms with van der Waals surface area (Å²) in [4.78, 5) is 24.1. The number of nitrogens with zero attached hydrogens (tertiary/aromatic N) is 1. The molecule has 7 heteroatoms. The van der Waals surface area contributed by atoms with Crippen LogP contribution < -0.4 is 16.0 Å². The van der Waals surface area contributed by atoms with E-state index in [1.165, 1.54) is 5.56 Å². The van der Waals surface area contributed by atoms with Crippen molar-refractivity contribution >= 4 is 17.6 Å². The standard InChI is InChI=1S/C18H23N5O2/c1-3-19-17(24)12-5-7-15(11(2)8-12)22-18(25)21-14-6-4-13-10-20-23-16(13)9-14/h5,7-8,10,14H,3-4,6,9H2,1-2H3,(H,19,24)(H,20,23)(H2,21,22,25)/t14-/m0/s1. The minimum absolute atomic E-state index is 0.0860. The summed E-state index contributed by atoms with van der Waals surface area (Å²) in [6.45, 7) is 4.33. The molecule has 1 aliphatic rings. The van der Waals surface area contributed by atoms with Crippen LogP contribution in [-0.4, -0.2) is 34.7 Å². The van der Waals surface area contributed by atoms with E-state index in [0.717, 1.165) is 30.5 Å². The normalized spacial score (nSPS) is 16.0. The highest BCUT2D eigenvalue weighted by atomic mass is 16.2. The molecule has 1 aromatic carbocycles. The highest BCUT2D eigenvalue weighted by Crippen LogP contribution is 2.20. The van der Waals surface area contributed by atoms with Crippen LogP contribution in [0.3, 0.4) is 0 Å². The van der Waals surface area contributed by atoms with Gasteiger partial charge in [0.05, 0.1) is 6.20 Å². The van der Waals surface area contributed by atoms with Gasteiger partial charge in [-0.05, 0) is 56.0 Å². The SMILES string of the molecule is CCNC(=O)c1ccc(NC(=O)N[C@H]2CCc3cn[nH]c3C2)c(C)c1. The van der Waals surface area contributed by atoms with Gasteiger partial charge < -0.3 is 16.0 Å². The Morgan fingerprint density at radius 3 is 2.96 bits per heavy atom. The van der Waals surface area contributed by atoms with Gasteiger partial charge in [0, 0.05) is 36.0 Å². The molecule has 1 atom stereocenters. The van der Waals surface area contributed by atoms with E-state index in [1.54, 1.807) is 18.2 Å². The molecule has 3 amide bonds. The van der Waals surface area contributed by atoms with Crippen molar-refractivity contribution in [3.63, 3.8) is 0 Å². The number of urea groups is 1. The number of aryl methyl sites for hydroxylation is 2. The molecule has 3 rings (SSSR count). The van der Waals surface area contributed by atoms with Crippen LogP contribution in [0.4, 0.5) is 10.5 Å². The molecule has 0 bridgehead atoms. The number of hydrogen-bond donors (Lipinski definition) is 4. The monoisotopic (exact) mass is 341 g/mol. The van der Waals surface area contributed by atoms with Gasteiger partial charge >= 0.3 is 6.03 Å². The van der Waals surface area contributed by atoms with Crippen LogP contribution in [0.1, 0.15) is 40.5 Å². The topological polar surface area (TPSA) is 98.9 Å². The van der Waals surface area contributed by atoms with Gasteiger partial charge in [0.15, 0.2) is 0 Å². The van der Waals surface area contributed by atoms with Crippen molar-refractivity contribution in [2.45, 2.75) is 39.2 Å². The molecular weight excluding hydrogens is 318 g/mol. The van der Waals surface area contributed by atoms with E-state index in [9.17, 15) is 9.59 Å². The molecule has 1 heterocycles. The first-order chi connectivity index (χ1) is 12.1. The zero-order valence-electron chi connectivity index (χ0n) is 14.5. The fourth-order valence-corrected chi connectivity index (χ4v) is 3.08. The summed E-state index contributed by atoms with van der Waals surface area (Å²) in [5.41, 5.74) is 4.46. The minimum Gasteiger partial charge on any atom is -0.352 e. The summed E-state index contributed by atoms with van der Waals surface area (Å²) in [7, 11) is 0. The van der Waals surface area contributed by atoms with Crippen LogP contribution in [-0.2, 0) is 12.8 Å². The molecule has 0 saturated carbocycles. The molecule has 2 aromatic rings. The lowest BCUT2D eigenvalue weighted by Crippen LogP contribution is -2.41. The number of fused-ring (bicyclic) bond motifs is 1. The summed E-state index contributed by atoms with van der Waals surface area (Å²) in [5, 5.41) is 15.7. The Balaban J connectivity index is 1.59. The van der Waals surface area contributed by atoms with Crippen LogP contribution in [0.2, 0.25) is 0 Å². The molecule has 1 aromatic heterocycles. The van der Waals surface area contributed by atoms with E-state index in [0.29, 0.717) is 17.8 Å². The third-order valence-corrected chi connectivity index (χ3v) is 4.43. The van der Waals surface area contributed by atoms with Crippen molar-refractivity contribution in [2.75, 3.05) is 11.9 Å². The van der Waals surface area contributed by atoms with Gasteiger partial charge in [-0.2, -0.15) is 5.10 Å². The quantitative estimate of drug-likeness (QED) is 0.686. The second-order valence-electron chi connectivity index (χ2n) is 6.30. The maximum atomic E-state index is 12.3. The van der Waals surface area contributed by atoms with Crippen LogP contribution >= 0.6 is 0 Å². The summed E-state index contributed by atoms with van der Waals surface area (Å²) in [6.07, 6.45) is 4.43. The van der Waals surface area contributed by atoms with E-state index >= 15 is 0 Å². The van der Waals surface area contributed by atoms with Crippen LogP contribution in [0.15, 0.2) is 24.4 Å². The third-order valence-electron chi connectivity index (χ3n) is 4.43. The van der Waals surface area contributed by atoms with Crippen LogP contribution in [0.5, 0.6) is 0 Å². The number of nitrogens with one attached hydrogen (secondary N) is 4. The molecule has 4 N–H and O–H groups in total. The third kappa shape index (κ3) is 3.99. The van der Waals surface area contributed by atoms with E-state index in [1.807, 2.05) is 20.0 Å². The molecule has 132 valence electrons. The van der Waals surface area contributed by atoms with Crippen molar-refractivity contribution in [1.29, 1.82) is 0 Å². The van der Waals surface area contributed by atoms with Gasteiger partial charge in [0.2, 0.25) is 0 Å². The molecular formula is C18H23N5O2. The second kappa shape index (κ2) is 7.38. The Hall–Kier alpha value is -2.83. The Morgan fingerprint density at radius 1 is 1.36 bits per heavy atom. The summed E-state index contributed by atoms with van der Waals surface area (Å²) in [6, 6.07) is 5.10. The van der Waals surface area contributed by atoms with Crippen molar-refractivity contribution < 1.29 is 9.59 Å². The highest BCUT2D eigenvalue weighted by molar-refractivity contribution is 5.96. The van der Waals surface area contributed by atoms with Gasteiger partial charge in [-0.15, -0.1) is 0 Å². The first-order valence-corrected chi connectivity index (χ1v) is 8.54. The van der Waals surface area contributed by atoms with Crippen molar-refractivity contribution in [2.24, 2.45) is 0 Å². The molecule has 25 heavy (non-hydrogen) atoms. The predicted molar refractivity (Wildman–Crippen MR) is 95.7 cm³/mol. The van der Waals surface area contributed by atoms with Crippen molar-refractivity contribution in [1.82, 2.24) is 20.8 Å². The average molecular weight is 341 g/mol. The van der Waals surface area contributed by atoms with E-state index in [-0.39, 0.29) is 18.0 Å². The molecule has 0 radical (unpaired) electrons.